The van der Waals surface area contributed by atoms with Crippen LogP contribution < -0.4 is 32.8 Å². The van der Waals surface area contributed by atoms with Gasteiger partial charge in [0.1, 0.15) is 69.8 Å². The van der Waals surface area contributed by atoms with E-state index in [9.17, 15) is 79.0 Å². The van der Waals surface area contributed by atoms with Gasteiger partial charge in [0.25, 0.3) is 0 Å². The minimum absolute atomic E-state index is 0.711. The summed E-state index contributed by atoms with van der Waals surface area (Å²) >= 11 is 0. The average Bonchev–Trinajstić information content (AvgIpc) is 0.813. The molecule has 85 heavy (non-hydrogen) atoms. The van der Waals surface area contributed by atoms with Crippen LogP contribution >= 0.6 is 0 Å². The zero-order valence-electron chi connectivity index (χ0n) is 40.0. The highest BCUT2D eigenvalue weighted by molar-refractivity contribution is 7.14. The van der Waals surface area contributed by atoms with Crippen LogP contribution in [-0.4, -0.2) is 12.6 Å². The average molecular weight is 1250 g/mol. The van der Waals surface area contributed by atoms with Gasteiger partial charge in [-0.2, -0.15) is 0 Å². The second kappa shape index (κ2) is 24.9. The molecule has 444 valence electrons. The molecule has 0 radical (unpaired) electrons. The molecular formula is C51H14B2F30N2. The van der Waals surface area contributed by atoms with E-state index in [0.29, 0.717) is 12.1 Å². The van der Waals surface area contributed by atoms with Crippen molar-refractivity contribution >= 4 is 45.3 Å². The van der Waals surface area contributed by atoms with Crippen LogP contribution in [0.15, 0.2) is 72.8 Å². The number of rotatable bonds is 6. The van der Waals surface area contributed by atoms with Gasteiger partial charge in [-0.25, -0.2) is 132 Å². The fourth-order valence-electron chi connectivity index (χ4n) is 8.36. The summed E-state index contributed by atoms with van der Waals surface area (Å²) in [6, 6.07) is 25.4. The normalized spacial score (nSPS) is 11.3. The molecule has 0 atom stereocenters. The lowest BCUT2D eigenvalue weighted by Gasteiger charge is -2.29. The molecule has 2 nitrogen and oxygen atoms in total. The number of nitrogens with zero attached hydrogens (tertiary/aromatic N) is 2. The van der Waals surface area contributed by atoms with Crippen LogP contribution in [-0.2, 0) is 0 Å². The molecule has 0 spiro atoms. The molecule has 0 heterocycles. The highest BCUT2D eigenvalue weighted by Crippen LogP contribution is 2.32. The standard InChI is InChI=1S/C39H2B2F30N2.2C6H6/c42-10-4(11(43)23(55)34(66)22(10)54)40(5-12(44)24(56)35(67)25(57)13(5)45,6-14(46)26(58)36(68)27(59)15(6)47)72-2-1-3-73-41(7-16(48)28(60)37(69)29(61)17(7)49,8-18(50)30(62)38(70)31(63)19(8)51)9-20(52)32(64)39(71)33(65)21(9)53;2*1-2-4-6-5-3-1/h1H2;2*1-6H. The Bertz CT molecular complexity index is 3320. The molecule has 8 aromatic carbocycles. The summed E-state index contributed by atoms with van der Waals surface area (Å²) in [5, 5.41) is 0. The monoisotopic (exact) mass is 1250 g/mol. The maximum absolute atomic E-state index is 15.8. The van der Waals surface area contributed by atoms with E-state index in [0.717, 1.165) is 0 Å². The van der Waals surface area contributed by atoms with Crippen molar-refractivity contribution in [3.8, 4) is 12.1 Å². The van der Waals surface area contributed by atoms with Crippen LogP contribution in [0.4, 0.5) is 132 Å². The van der Waals surface area contributed by atoms with Crippen molar-refractivity contribution < 1.29 is 132 Å². The Kier molecular flexibility index (Phi) is 19.0. The molecule has 0 saturated heterocycles. The van der Waals surface area contributed by atoms with Gasteiger partial charge in [0.05, 0.1) is 0 Å². The van der Waals surface area contributed by atoms with E-state index >= 15 is 52.7 Å². The van der Waals surface area contributed by atoms with Crippen molar-refractivity contribution in [2.24, 2.45) is 0 Å². The third kappa shape index (κ3) is 10.7. The third-order valence-corrected chi connectivity index (χ3v) is 12.0. The Morgan fingerprint density at radius 1 is 0.176 bits per heavy atom. The lowest BCUT2D eigenvalue weighted by molar-refractivity contribution is 0.379. The van der Waals surface area contributed by atoms with E-state index in [-0.39, 0.29) is 0 Å². The van der Waals surface area contributed by atoms with Crippen molar-refractivity contribution in [2.75, 3.05) is 0 Å². The Morgan fingerprint density at radius 3 is 0.376 bits per heavy atom. The molecule has 8 aromatic rings. The van der Waals surface area contributed by atoms with Gasteiger partial charge in [-0.3, -0.25) is 0 Å². The van der Waals surface area contributed by atoms with E-state index in [1.54, 1.807) is 0 Å². The van der Waals surface area contributed by atoms with Crippen LogP contribution in [0.5, 0.6) is 0 Å². The predicted molar refractivity (Wildman–Crippen MR) is 239 cm³/mol. The first-order valence-electron chi connectivity index (χ1n) is 22.1. The van der Waals surface area contributed by atoms with Gasteiger partial charge in [0, 0.05) is 0 Å². The van der Waals surface area contributed by atoms with E-state index < -0.39 is 226 Å². The summed E-state index contributed by atoms with van der Waals surface area (Å²) in [5.74, 6) is -109. The Labute approximate surface area is 451 Å². The van der Waals surface area contributed by atoms with Gasteiger partial charge in [-0.1, -0.05) is 72.8 Å². The number of hydrogen-bond donors (Lipinski definition) is 0. The molecule has 0 saturated carbocycles. The van der Waals surface area contributed by atoms with Gasteiger partial charge in [0.15, 0.2) is 111 Å². The second-order valence-electron chi connectivity index (χ2n) is 16.6. The van der Waals surface area contributed by atoms with Crippen molar-refractivity contribution in [1.82, 2.24) is 0 Å². The van der Waals surface area contributed by atoms with Gasteiger partial charge in [-0.05, 0) is 32.8 Å². The molecular weight excluding hydrogens is 1230 g/mol. The van der Waals surface area contributed by atoms with Gasteiger partial charge >= 0.3 is 12.6 Å². The zero-order chi connectivity index (χ0) is 63.8. The fraction of sp³-hybridized carbons (Fsp3) is 0.0196. The summed E-state index contributed by atoms with van der Waals surface area (Å²) in [5.41, 5.74) is -21.1. The van der Waals surface area contributed by atoms with Crippen molar-refractivity contribution in [3.05, 3.63) is 257 Å². The maximum atomic E-state index is 15.8. The molecule has 0 fully saturated rings. The molecule has 0 N–H and O–H groups in total. The lowest BCUT2D eigenvalue weighted by Crippen LogP contribution is -2.71. The first kappa shape index (κ1) is 64.9. The first-order valence-corrected chi connectivity index (χ1v) is 22.1. The van der Waals surface area contributed by atoms with Crippen LogP contribution in [0.25, 0.3) is 9.51 Å². The molecule has 0 aromatic heterocycles. The number of hydrogen-bond acceptors (Lipinski definition) is 0. The van der Waals surface area contributed by atoms with Crippen LogP contribution in [0.2, 0.25) is 0 Å². The van der Waals surface area contributed by atoms with Gasteiger partial charge in [-0.15, -0.1) is 0 Å². The lowest BCUT2D eigenvalue weighted by atomic mass is 9.24. The largest absolute Gasteiger partial charge is 0.496 e. The minimum atomic E-state index is -7.03. The van der Waals surface area contributed by atoms with E-state index in [2.05, 4.69) is 9.51 Å². The SMILES string of the molecule is Fc1c(F)c(F)c([B-]([N+]#CCC#[N+][B-](c2c(F)c(F)c(F)c(F)c2F)(c2c(F)c(F)c(F)c(F)c2F)c2c(F)c(F)c(F)c(F)c2F)(c2c(F)c(F)c(F)c(F)c2F)c2c(F)c(F)c(F)c(F)c2F)c(F)c1F.c1ccccc1.c1ccccc1. The molecule has 34 heteroatoms. The Morgan fingerprint density at radius 2 is 0.271 bits per heavy atom. The van der Waals surface area contributed by atoms with E-state index in [1.165, 1.54) is 0 Å². The minimum Gasteiger partial charge on any atom is -0.332 e. The summed E-state index contributed by atoms with van der Waals surface area (Å²) < 4.78 is 460. The third-order valence-electron chi connectivity index (χ3n) is 12.0. The molecule has 0 aliphatic carbocycles. The first-order chi connectivity index (χ1) is 39.8. The highest BCUT2D eigenvalue weighted by Gasteiger charge is 2.61. The topological polar surface area (TPSA) is 8.72 Å². The Balaban J connectivity index is 0.000000855. The summed E-state index contributed by atoms with van der Waals surface area (Å²) in [7, 11) is 0. The summed E-state index contributed by atoms with van der Waals surface area (Å²) in [6.45, 7) is 0. The van der Waals surface area contributed by atoms with Crippen LogP contribution in [0.1, 0.15) is 6.42 Å². The Hall–Kier alpha value is -9.23. The number of halogens is 30. The highest BCUT2D eigenvalue weighted by atomic mass is 19.2. The number of benzene rings is 8. The molecule has 0 aliphatic rings. The van der Waals surface area contributed by atoms with Crippen molar-refractivity contribution in [3.63, 3.8) is 0 Å². The fourth-order valence-corrected chi connectivity index (χ4v) is 8.36. The van der Waals surface area contributed by atoms with Crippen molar-refractivity contribution in [2.45, 2.75) is 6.42 Å². The molecule has 0 unspecified atom stereocenters. The van der Waals surface area contributed by atoms with Crippen LogP contribution in [0.3, 0.4) is 0 Å². The smallest absolute Gasteiger partial charge is 0.332 e. The van der Waals surface area contributed by atoms with Gasteiger partial charge in [0.2, 0.25) is 12.1 Å². The van der Waals surface area contributed by atoms with Crippen molar-refractivity contribution in [1.29, 1.82) is 0 Å². The summed E-state index contributed by atoms with van der Waals surface area (Å²) in [6.07, 6.45) is -16.8. The van der Waals surface area contributed by atoms with Crippen LogP contribution in [0, 0.1) is 187 Å². The molecule has 0 aliphatic heterocycles. The summed E-state index contributed by atoms with van der Waals surface area (Å²) in [4.78, 5) is 0. The molecule has 8 rings (SSSR count). The molecule has 0 bridgehead atoms. The second-order valence-corrected chi connectivity index (χ2v) is 16.6. The van der Waals surface area contributed by atoms with E-state index in [1.807, 2.05) is 72.8 Å². The maximum Gasteiger partial charge on any atom is 0.496 e. The van der Waals surface area contributed by atoms with Gasteiger partial charge < -0.3 is 9.51 Å². The quantitative estimate of drug-likeness (QED) is 0.0679. The molecule has 0 amide bonds. The van der Waals surface area contributed by atoms with E-state index in [4.69, 9.17) is 0 Å². The zero-order valence-corrected chi connectivity index (χ0v) is 40.0. The predicted octanol–water partition coefficient (Wildman–Crippen LogP) is 12.9.